The van der Waals surface area contributed by atoms with Gasteiger partial charge in [0.05, 0.1) is 12.3 Å². The van der Waals surface area contributed by atoms with Gasteiger partial charge in [-0.1, -0.05) is 0 Å². The SMILES string of the molecule is CC(=O)/C=C/c1c[nH]c2ncc(OC(C)C)cc12. The molecular weight excluding hydrogens is 228 g/mol. The summed E-state index contributed by atoms with van der Waals surface area (Å²) in [4.78, 5) is 18.3. The van der Waals surface area contributed by atoms with E-state index in [4.69, 9.17) is 4.74 Å². The zero-order valence-electron chi connectivity index (χ0n) is 10.7. The molecular formula is C14H16N2O2. The molecule has 0 radical (unpaired) electrons. The normalized spacial score (nSPS) is 11.6. The Kier molecular flexibility index (Phi) is 3.46. The van der Waals surface area contributed by atoms with Gasteiger partial charge in [-0.25, -0.2) is 4.98 Å². The fourth-order valence-corrected chi connectivity index (χ4v) is 1.69. The van der Waals surface area contributed by atoms with Gasteiger partial charge in [-0.3, -0.25) is 4.79 Å². The number of fused-ring (bicyclic) bond motifs is 1. The molecule has 0 bridgehead atoms. The maximum Gasteiger partial charge on any atom is 0.152 e. The van der Waals surface area contributed by atoms with E-state index >= 15 is 0 Å². The molecule has 0 aliphatic heterocycles. The number of rotatable bonds is 4. The first-order valence-corrected chi connectivity index (χ1v) is 5.88. The van der Waals surface area contributed by atoms with Gasteiger partial charge < -0.3 is 9.72 Å². The number of allylic oxidation sites excluding steroid dienone is 1. The van der Waals surface area contributed by atoms with Crippen molar-refractivity contribution in [2.24, 2.45) is 0 Å². The van der Waals surface area contributed by atoms with Crippen LogP contribution in [0.15, 0.2) is 24.5 Å². The first-order valence-electron chi connectivity index (χ1n) is 5.88. The van der Waals surface area contributed by atoms with Crippen molar-refractivity contribution in [1.29, 1.82) is 0 Å². The third-order valence-electron chi connectivity index (χ3n) is 2.41. The standard InChI is InChI=1S/C14H16N2O2/c1-9(2)18-12-6-13-11(5-4-10(3)17)7-15-14(13)16-8-12/h4-9H,1-3H3,(H,15,16)/b5-4+. The number of ether oxygens (including phenoxy) is 1. The number of carbonyl (C=O) groups excluding carboxylic acids is 1. The minimum absolute atomic E-state index is 0.0203. The lowest BCUT2D eigenvalue weighted by Gasteiger charge is -2.08. The van der Waals surface area contributed by atoms with Crippen LogP contribution in [0.4, 0.5) is 0 Å². The predicted octanol–water partition coefficient (Wildman–Crippen LogP) is 2.95. The minimum atomic E-state index is 0.0203. The van der Waals surface area contributed by atoms with E-state index in [9.17, 15) is 4.79 Å². The van der Waals surface area contributed by atoms with Crippen molar-refractivity contribution >= 4 is 22.9 Å². The summed E-state index contributed by atoms with van der Waals surface area (Å²) in [6.07, 6.45) is 6.95. The van der Waals surface area contributed by atoms with E-state index in [-0.39, 0.29) is 11.9 Å². The number of ketones is 1. The molecule has 2 rings (SSSR count). The van der Waals surface area contributed by atoms with Crippen LogP contribution in [0, 0.1) is 0 Å². The topological polar surface area (TPSA) is 55.0 Å². The predicted molar refractivity (Wildman–Crippen MR) is 71.6 cm³/mol. The maximum atomic E-state index is 11.0. The molecule has 0 aliphatic carbocycles. The van der Waals surface area contributed by atoms with Gasteiger partial charge >= 0.3 is 0 Å². The van der Waals surface area contributed by atoms with Gasteiger partial charge in [-0.2, -0.15) is 0 Å². The molecule has 4 nitrogen and oxygen atoms in total. The monoisotopic (exact) mass is 244 g/mol. The average molecular weight is 244 g/mol. The number of H-pyrrole nitrogens is 1. The molecule has 2 heterocycles. The lowest BCUT2D eigenvalue weighted by molar-refractivity contribution is -0.112. The summed E-state index contributed by atoms with van der Waals surface area (Å²) < 4.78 is 5.60. The van der Waals surface area contributed by atoms with Crippen LogP contribution in [0.25, 0.3) is 17.1 Å². The lowest BCUT2D eigenvalue weighted by Crippen LogP contribution is -2.05. The van der Waals surface area contributed by atoms with E-state index in [0.29, 0.717) is 0 Å². The van der Waals surface area contributed by atoms with Crippen LogP contribution in [0.2, 0.25) is 0 Å². The van der Waals surface area contributed by atoms with Crippen molar-refractivity contribution in [2.45, 2.75) is 26.9 Å². The third-order valence-corrected chi connectivity index (χ3v) is 2.41. The molecule has 0 aliphatic rings. The molecule has 2 aromatic rings. The van der Waals surface area contributed by atoms with Gasteiger partial charge in [0.15, 0.2) is 5.78 Å². The Balaban J connectivity index is 2.40. The Morgan fingerprint density at radius 2 is 2.28 bits per heavy atom. The number of carbonyl (C=O) groups is 1. The van der Waals surface area contributed by atoms with Crippen LogP contribution in [0.5, 0.6) is 5.75 Å². The molecule has 4 heteroatoms. The molecule has 94 valence electrons. The van der Waals surface area contributed by atoms with Gasteiger partial charge in [-0.15, -0.1) is 0 Å². The average Bonchev–Trinajstić information content (AvgIpc) is 2.68. The van der Waals surface area contributed by atoms with E-state index in [1.54, 1.807) is 18.3 Å². The van der Waals surface area contributed by atoms with Crippen molar-refractivity contribution in [3.63, 3.8) is 0 Å². The minimum Gasteiger partial charge on any atom is -0.489 e. The van der Waals surface area contributed by atoms with Gasteiger partial charge in [0.25, 0.3) is 0 Å². The number of nitrogens with zero attached hydrogens (tertiary/aromatic N) is 1. The summed E-state index contributed by atoms with van der Waals surface area (Å²) >= 11 is 0. The van der Waals surface area contributed by atoms with Crippen LogP contribution in [-0.2, 0) is 4.79 Å². The summed E-state index contributed by atoms with van der Waals surface area (Å²) in [5.74, 6) is 0.751. The lowest BCUT2D eigenvalue weighted by atomic mass is 10.2. The third kappa shape index (κ3) is 2.77. The molecule has 0 saturated carbocycles. The highest BCUT2D eigenvalue weighted by atomic mass is 16.5. The summed E-state index contributed by atoms with van der Waals surface area (Å²) in [7, 11) is 0. The number of aromatic amines is 1. The highest BCUT2D eigenvalue weighted by Crippen LogP contribution is 2.23. The van der Waals surface area contributed by atoms with Crippen LogP contribution in [-0.4, -0.2) is 21.9 Å². The van der Waals surface area contributed by atoms with Crippen molar-refractivity contribution in [1.82, 2.24) is 9.97 Å². The quantitative estimate of drug-likeness (QED) is 0.841. The molecule has 0 aromatic carbocycles. The van der Waals surface area contributed by atoms with Crippen molar-refractivity contribution in [3.8, 4) is 5.75 Å². The number of pyridine rings is 1. The Hall–Kier alpha value is -2.10. The molecule has 1 N–H and O–H groups in total. The molecule has 0 spiro atoms. The Morgan fingerprint density at radius 3 is 2.94 bits per heavy atom. The van der Waals surface area contributed by atoms with Gasteiger partial charge in [-0.05, 0) is 39.0 Å². The smallest absolute Gasteiger partial charge is 0.152 e. The van der Waals surface area contributed by atoms with E-state index in [2.05, 4.69) is 9.97 Å². The van der Waals surface area contributed by atoms with Gasteiger partial charge in [0.2, 0.25) is 0 Å². The van der Waals surface area contributed by atoms with E-state index in [1.807, 2.05) is 26.1 Å². The second-order valence-corrected chi connectivity index (χ2v) is 4.42. The molecule has 0 amide bonds. The Labute approximate surface area is 106 Å². The van der Waals surface area contributed by atoms with E-state index < -0.39 is 0 Å². The number of aromatic nitrogens is 2. The number of hydrogen-bond donors (Lipinski definition) is 1. The Bertz CT molecular complexity index is 597. The molecule has 18 heavy (non-hydrogen) atoms. The van der Waals surface area contributed by atoms with Crippen LogP contribution in [0.1, 0.15) is 26.3 Å². The number of hydrogen-bond acceptors (Lipinski definition) is 3. The fraction of sp³-hybridized carbons (Fsp3) is 0.286. The molecule has 0 saturated heterocycles. The molecule has 2 aromatic heterocycles. The zero-order valence-corrected chi connectivity index (χ0v) is 10.7. The summed E-state index contributed by atoms with van der Waals surface area (Å²) in [5, 5.41) is 0.950. The molecule has 0 unspecified atom stereocenters. The molecule has 0 fully saturated rings. The second-order valence-electron chi connectivity index (χ2n) is 4.42. The first-order chi connectivity index (χ1) is 8.56. The van der Waals surface area contributed by atoms with Gasteiger partial charge in [0, 0.05) is 17.1 Å². The van der Waals surface area contributed by atoms with Gasteiger partial charge in [0.1, 0.15) is 11.4 Å². The second kappa shape index (κ2) is 5.04. The highest BCUT2D eigenvalue weighted by Gasteiger charge is 2.05. The largest absolute Gasteiger partial charge is 0.489 e. The Morgan fingerprint density at radius 1 is 1.50 bits per heavy atom. The summed E-state index contributed by atoms with van der Waals surface area (Å²) in [6.45, 7) is 5.46. The number of nitrogens with one attached hydrogen (secondary N) is 1. The molecule has 0 atom stereocenters. The van der Waals surface area contributed by atoms with E-state index in [1.165, 1.54) is 6.92 Å². The summed E-state index contributed by atoms with van der Waals surface area (Å²) in [5.41, 5.74) is 1.72. The summed E-state index contributed by atoms with van der Waals surface area (Å²) in [6, 6.07) is 1.93. The van der Waals surface area contributed by atoms with Crippen molar-refractivity contribution in [3.05, 3.63) is 30.1 Å². The van der Waals surface area contributed by atoms with Crippen LogP contribution in [0.3, 0.4) is 0 Å². The maximum absolute atomic E-state index is 11.0. The first kappa shape index (κ1) is 12.4. The van der Waals surface area contributed by atoms with Crippen molar-refractivity contribution < 1.29 is 9.53 Å². The van der Waals surface area contributed by atoms with E-state index in [0.717, 1.165) is 22.3 Å². The van der Waals surface area contributed by atoms with Crippen LogP contribution < -0.4 is 4.74 Å². The van der Waals surface area contributed by atoms with Crippen molar-refractivity contribution in [2.75, 3.05) is 0 Å². The fourth-order valence-electron chi connectivity index (χ4n) is 1.69. The zero-order chi connectivity index (χ0) is 13.1. The highest BCUT2D eigenvalue weighted by molar-refractivity contribution is 5.95. The van der Waals surface area contributed by atoms with Crippen LogP contribution >= 0.6 is 0 Å².